The number of anilines is 2. The number of urea groups is 1. The van der Waals surface area contributed by atoms with E-state index < -0.39 is 11.9 Å². The normalized spacial score (nSPS) is 19.4. The van der Waals surface area contributed by atoms with Gasteiger partial charge in [-0.3, -0.25) is 9.59 Å². The summed E-state index contributed by atoms with van der Waals surface area (Å²) >= 11 is 1.35. The van der Waals surface area contributed by atoms with Crippen LogP contribution in [0.15, 0.2) is 41.8 Å². The van der Waals surface area contributed by atoms with Crippen LogP contribution in [0.25, 0.3) is 0 Å². The van der Waals surface area contributed by atoms with Gasteiger partial charge in [-0.1, -0.05) is 19.1 Å². The Morgan fingerprint density at radius 1 is 1.11 bits per heavy atom. The van der Waals surface area contributed by atoms with Crippen molar-refractivity contribution >= 4 is 40.6 Å². The Kier molecular flexibility index (Phi) is 5.75. The average Bonchev–Trinajstić information content (AvgIpc) is 3.16. The molecule has 0 spiro atoms. The number of carbonyl (C=O) groups is 3. The molecule has 0 radical (unpaired) electrons. The number of carboxylic acids is 1. The SMILES string of the molecule is CC1CC(C(=O)O)CN(C(=O)Nc2cccc(NC(=O)c3cccs3)c2)C1. The third-order valence-corrected chi connectivity index (χ3v) is 5.28. The number of benzene rings is 1. The average molecular weight is 387 g/mol. The summed E-state index contributed by atoms with van der Waals surface area (Å²) in [4.78, 5) is 38.1. The Balaban J connectivity index is 1.64. The van der Waals surface area contributed by atoms with Crippen molar-refractivity contribution in [2.75, 3.05) is 23.7 Å². The molecule has 1 aromatic carbocycles. The van der Waals surface area contributed by atoms with E-state index in [2.05, 4.69) is 10.6 Å². The number of amides is 3. The van der Waals surface area contributed by atoms with Gasteiger partial charge >= 0.3 is 12.0 Å². The van der Waals surface area contributed by atoms with Crippen LogP contribution in [0.4, 0.5) is 16.2 Å². The van der Waals surface area contributed by atoms with Gasteiger partial charge in [0.2, 0.25) is 0 Å². The van der Waals surface area contributed by atoms with Crippen molar-refractivity contribution in [2.45, 2.75) is 13.3 Å². The fourth-order valence-corrected chi connectivity index (χ4v) is 3.79. The highest BCUT2D eigenvalue weighted by molar-refractivity contribution is 7.12. The summed E-state index contributed by atoms with van der Waals surface area (Å²) in [6, 6.07) is 10.1. The second kappa shape index (κ2) is 8.22. The van der Waals surface area contributed by atoms with Gasteiger partial charge in [0.25, 0.3) is 5.91 Å². The van der Waals surface area contributed by atoms with Gasteiger partial charge in [0.15, 0.2) is 0 Å². The molecule has 2 atom stereocenters. The van der Waals surface area contributed by atoms with E-state index in [0.29, 0.717) is 29.2 Å². The molecule has 1 saturated heterocycles. The maximum atomic E-state index is 12.5. The lowest BCUT2D eigenvalue weighted by molar-refractivity contribution is -0.143. The molecule has 3 rings (SSSR count). The highest BCUT2D eigenvalue weighted by atomic mass is 32.1. The van der Waals surface area contributed by atoms with Gasteiger partial charge in [-0.15, -0.1) is 11.3 Å². The number of aliphatic carboxylic acids is 1. The van der Waals surface area contributed by atoms with Crippen LogP contribution < -0.4 is 10.6 Å². The maximum absolute atomic E-state index is 12.5. The van der Waals surface area contributed by atoms with Gasteiger partial charge in [-0.05, 0) is 42.0 Å². The van der Waals surface area contributed by atoms with Gasteiger partial charge in [0, 0.05) is 24.5 Å². The summed E-state index contributed by atoms with van der Waals surface area (Å²) in [5.74, 6) is -1.50. The third-order valence-electron chi connectivity index (χ3n) is 4.41. The molecule has 1 aliphatic heterocycles. The van der Waals surface area contributed by atoms with E-state index in [1.165, 1.54) is 16.2 Å². The van der Waals surface area contributed by atoms with E-state index in [1.807, 2.05) is 12.3 Å². The molecule has 1 aliphatic rings. The molecule has 1 fully saturated rings. The number of likely N-dealkylation sites (tertiary alicyclic amines) is 1. The first-order chi connectivity index (χ1) is 12.9. The third kappa shape index (κ3) is 4.85. The smallest absolute Gasteiger partial charge is 0.321 e. The van der Waals surface area contributed by atoms with E-state index in [-0.39, 0.29) is 24.4 Å². The highest BCUT2D eigenvalue weighted by Gasteiger charge is 2.31. The highest BCUT2D eigenvalue weighted by Crippen LogP contribution is 2.23. The number of hydrogen-bond acceptors (Lipinski definition) is 4. The van der Waals surface area contributed by atoms with E-state index in [1.54, 1.807) is 36.4 Å². The molecule has 0 aliphatic carbocycles. The van der Waals surface area contributed by atoms with Crippen molar-refractivity contribution in [3.8, 4) is 0 Å². The molecule has 142 valence electrons. The molecular formula is C19H21N3O4S. The van der Waals surface area contributed by atoms with Crippen molar-refractivity contribution in [2.24, 2.45) is 11.8 Å². The number of thiophene rings is 1. The Bertz CT molecular complexity index is 837. The largest absolute Gasteiger partial charge is 0.481 e. The second-order valence-corrected chi connectivity index (χ2v) is 7.67. The number of carboxylic acid groups (broad SMARTS) is 1. The van der Waals surface area contributed by atoms with Crippen molar-refractivity contribution in [3.05, 3.63) is 46.7 Å². The molecule has 27 heavy (non-hydrogen) atoms. The van der Waals surface area contributed by atoms with E-state index >= 15 is 0 Å². The van der Waals surface area contributed by atoms with Crippen LogP contribution in [0.5, 0.6) is 0 Å². The molecule has 2 unspecified atom stereocenters. The van der Waals surface area contributed by atoms with Crippen molar-refractivity contribution in [1.29, 1.82) is 0 Å². The fraction of sp³-hybridized carbons (Fsp3) is 0.316. The van der Waals surface area contributed by atoms with Crippen molar-refractivity contribution in [1.82, 2.24) is 4.90 Å². The Hall–Kier alpha value is -2.87. The maximum Gasteiger partial charge on any atom is 0.321 e. The lowest BCUT2D eigenvalue weighted by Crippen LogP contribution is -2.47. The zero-order chi connectivity index (χ0) is 19.4. The topological polar surface area (TPSA) is 98.7 Å². The molecule has 0 bridgehead atoms. The lowest BCUT2D eigenvalue weighted by atomic mass is 9.91. The first-order valence-corrected chi connectivity index (χ1v) is 9.54. The van der Waals surface area contributed by atoms with Crippen LogP contribution in [0, 0.1) is 11.8 Å². The van der Waals surface area contributed by atoms with Gasteiger partial charge in [-0.25, -0.2) is 4.79 Å². The minimum absolute atomic E-state index is 0.127. The van der Waals surface area contributed by atoms with Crippen LogP contribution in [0.3, 0.4) is 0 Å². The fourth-order valence-electron chi connectivity index (χ4n) is 3.17. The molecule has 3 amide bonds. The van der Waals surface area contributed by atoms with Gasteiger partial charge in [0.1, 0.15) is 0 Å². The van der Waals surface area contributed by atoms with Gasteiger partial charge in [0.05, 0.1) is 10.8 Å². The second-order valence-electron chi connectivity index (χ2n) is 6.72. The van der Waals surface area contributed by atoms with Crippen LogP contribution in [-0.4, -0.2) is 41.0 Å². The molecule has 3 N–H and O–H groups in total. The van der Waals surface area contributed by atoms with Crippen molar-refractivity contribution in [3.63, 3.8) is 0 Å². The van der Waals surface area contributed by atoms with Gasteiger partial charge < -0.3 is 20.6 Å². The Labute approximate surface area is 161 Å². The molecular weight excluding hydrogens is 366 g/mol. The lowest BCUT2D eigenvalue weighted by Gasteiger charge is -2.34. The first-order valence-electron chi connectivity index (χ1n) is 8.66. The summed E-state index contributed by atoms with van der Waals surface area (Å²) in [5.41, 5.74) is 1.11. The van der Waals surface area contributed by atoms with Gasteiger partial charge in [-0.2, -0.15) is 0 Å². The number of rotatable bonds is 4. The molecule has 2 heterocycles. The predicted octanol–water partition coefficient (Wildman–Crippen LogP) is 3.57. The van der Waals surface area contributed by atoms with E-state index in [4.69, 9.17) is 0 Å². The monoisotopic (exact) mass is 387 g/mol. The van der Waals surface area contributed by atoms with Crippen LogP contribution >= 0.6 is 11.3 Å². The Morgan fingerprint density at radius 3 is 2.52 bits per heavy atom. The quantitative estimate of drug-likeness (QED) is 0.747. The van der Waals surface area contributed by atoms with Crippen LogP contribution in [-0.2, 0) is 4.79 Å². The minimum Gasteiger partial charge on any atom is -0.481 e. The number of hydrogen-bond donors (Lipinski definition) is 3. The first kappa shape index (κ1) is 18.9. The number of piperidine rings is 1. The summed E-state index contributed by atoms with van der Waals surface area (Å²) in [7, 11) is 0. The molecule has 2 aromatic rings. The summed E-state index contributed by atoms with van der Waals surface area (Å²) in [5, 5.41) is 16.7. The Morgan fingerprint density at radius 2 is 1.85 bits per heavy atom. The van der Waals surface area contributed by atoms with E-state index in [0.717, 1.165) is 0 Å². The predicted molar refractivity (Wildman–Crippen MR) is 104 cm³/mol. The minimum atomic E-state index is -0.877. The van der Waals surface area contributed by atoms with E-state index in [9.17, 15) is 19.5 Å². The number of carbonyl (C=O) groups excluding carboxylic acids is 2. The zero-order valence-corrected chi connectivity index (χ0v) is 15.7. The zero-order valence-electron chi connectivity index (χ0n) is 14.8. The summed E-state index contributed by atoms with van der Waals surface area (Å²) in [6.45, 7) is 2.65. The standard InChI is InChI=1S/C19H21N3O4S/c1-12-8-13(18(24)25)11-22(10-12)19(26)21-15-5-2-4-14(9-15)20-17(23)16-6-3-7-27-16/h2-7,9,12-13H,8,10-11H2,1H3,(H,20,23)(H,21,26)(H,24,25). The number of nitrogens with one attached hydrogen (secondary N) is 2. The van der Waals surface area contributed by atoms with Crippen molar-refractivity contribution < 1.29 is 19.5 Å². The van der Waals surface area contributed by atoms with Crippen LogP contribution in [0.1, 0.15) is 23.0 Å². The summed E-state index contributed by atoms with van der Waals surface area (Å²) < 4.78 is 0. The molecule has 7 nitrogen and oxygen atoms in total. The van der Waals surface area contributed by atoms with Crippen LogP contribution in [0.2, 0.25) is 0 Å². The molecule has 8 heteroatoms. The number of nitrogens with zero attached hydrogens (tertiary/aromatic N) is 1. The molecule has 1 aromatic heterocycles. The summed E-state index contributed by atoms with van der Waals surface area (Å²) in [6.07, 6.45) is 0.573. The molecule has 0 saturated carbocycles.